The standard InChI is InChI=1S/C10H13.Na.H/c1-9(2)8-10-6-4-3-5-7-10;;/h3-7H,8H2,1-2H3;;. The van der Waals surface area contributed by atoms with Crippen molar-refractivity contribution in [2.45, 2.75) is 20.3 Å². The quantitative estimate of drug-likeness (QED) is 0.577. The summed E-state index contributed by atoms with van der Waals surface area (Å²) in [6.45, 7) is 4.32. The van der Waals surface area contributed by atoms with Gasteiger partial charge in [0.05, 0.1) is 0 Å². The fourth-order valence-electron chi connectivity index (χ4n) is 1.00. The number of hydrogen-bond donors (Lipinski definition) is 0. The van der Waals surface area contributed by atoms with E-state index in [-0.39, 0.29) is 29.6 Å². The van der Waals surface area contributed by atoms with E-state index in [0.29, 0.717) is 0 Å². The minimum absolute atomic E-state index is 0. The molecule has 0 nitrogen and oxygen atoms in total. The summed E-state index contributed by atoms with van der Waals surface area (Å²) in [5.74, 6) is 1.46. The Hall–Kier alpha value is 0.220. The van der Waals surface area contributed by atoms with Gasteiger partial charge in [-0.3, -0.25) is 0 Å². The van der Waals surface area contributed by atoms with Crippen molar-refractivity contribution in [2.24, 2.45) is 0 Å². The molecule has 1 aromatic carbocycles. The summed E-state index contributed by atoms with van der Waals surface area (Å²) < 4.78 is 0. The molecule has 0 atom stereocenters. The molecule has 0 saturated heterocycles. The molecular weight excluding hydrogens is 143 g/mol. The van der Waals surface area contributed by atoms with Crippen molar-refractivity contribution < 1.29 is 0 Å². The Morgan fingerprint density at radius 3 is 2.09 bits per heavy atom. The fourth-order valence-corrected chi connectivity index (χ4v) is 1.00. The minimum atomic E-state index is 0. The summed E-state index contributed by atoms with van der Waals surface area (Å²) in [5.41, 5.74) is 1.41. The van der Waals surface area contributed by atoms with Crippen LogP contribution in [-0.2, 0) is 6.42 Å². The van der Waals surface area contributed by atoms with Gasteiger partial charge in [0, 0.05) is 0 Å². The normalized spacial score (nSPS) is 9.36. The van der Waals surface area contributed by atoms with Gasteiger partial charge in [-0.2, -0.15) is 0 Å². The summed E-state index contributed by atoms with van der Waals surface area (Å²) in [7, 11) is 0. The van der Waals surface area contributed by atoms with E-state index >= 15 is 0 Å². The van der Waals surface area contributed by atoms with Gasteiger partial charge >= 0.3 is 29.6 Å². The van der Waals surface area contributed by atoms with Crippen LogP contribution in [0.4, 0.5) is 0 Å². The van der Waals surface area contributed by atoms with Gasteiger partial charge in [-0.05, 0) is 17.9 Å². The Bertz CT molecular complexity index is 179. The summed E-state index contributed by atoms with van der Waals surface area (Å²) >= 11 is 0. The van der Waals surface area contributed by atoms with E-state index in [9.17, 15) is 0 Å². The van der Waals surface area contributed by atoms with Crippen LogP contribution in [0.2, 0.25) is 0 Å². The summed E-state index contributed by atoms with van der Waals surface area (Å²) in [5, 5.41) is 0. The van der Waals surface area contributed by atoms with Gasteiger partial charge in [-0.1, -0.05) is 44.2 Å². The Kier molecular flexibility index (Phi) is 5.93. The van der Waals surface area contributed by atoms with E-state index in [4.69, 9.17) is 0 Å². The maximum absolute atomic E-state index is 2.16. The average molecular weight is 157 g/mol. The monoisotopic (exact) mass is 157 g/mol. The number of benzene rings is 1. The molecule has 0 saturated carbocycles. The van der Waals surface area contributed by atoms with Gasteiger partial charge in [0.25, 0.3) is 0 Å². The Labute approximate surface area is 91.3 Å². The second kappa shape index (κ2) is 5.82. The van der Waals surface area contributed by atoms with Crippen LogP contribution in [0, 0.1) is 5.92 Å². The first-order valence-corrected chi connectivity index (χ1v) is 3.62. The first kappa shape index (κ1) is 11.2. The van der Waals surface area contributed by atoms with Crippen LogP contribution in [0.25, 0.3) is 0 Å². The molecule has 0 spiro atoms. The Balaban J connectivity index is 0.000001000. The number of hydrogen-bond acceptors (Lipinski definition) is 0. The molecule has 1 heteroatoms. The molecular formula is C10H14Na. The summed E-state index contributed by atoms with van der Waals surface area (Å²) in [6, 6.07) is 10.5. The third-order valence-electron chi connectivity index (χ3n) is 1.40. The van der Waals surface area contributed by atoms with Crippen molar-refractivity contribution in [1.29, 1.82) is 0 Å². The third kappa shape index (κ3) is 4.62. The molecule has 0 heterocycles. The molecule has 0 unspecified atom stereocenters. The van der Waals surface area contributed by atoms with Gasteiger partial charge < -0.3 is 0 Å². The fraction of sp³-hybridized carbons (Fsp3) is 0.300. The van der Waals surface area contributed by atoms with E-state index in [0.717, 1.165) is 6.42 Å². The van der Waals surface area contributed by atoms with E-state index in [2.05, 4.69) is 44.2 Å². The molecule has 0 aliphatic heterocycles. The zero-order chi connectivity index (χ0) is 7.40. The first-order chi connectivity index (χ1) is 4.79. The molecule has 0 aromatic heterocycles. The van der Waals surface area contributed by atoms with Crippen LogP contribution >= 0.6 is 0 Å². The Morgan fingerprint density at radius 2 is 1.64 bits per heavy atom. The molecule has 1 radical (unpaired) electrons. The average Bonchev–Trinajstić information content (AvgIpc) is 1.88. The molecule has 0 N–H and O–H groups in total. The second-order valence-corrected chi connectivity index (χ2v) is 2.87. The molecule has 55 valence electrons. The summed E-state index contributed by atoms with van der Waals surface area (Å²) in [4.78, 5) is 0. The first-order valence-electron chi connectivity index (χ1n) is 3.62. The van der Waals surface area contributed by atoms with E-state index in [1.165, 1.54) is 11.5 Å². The molecule has 0 amide bonds. The second-order valence-electron chi connectivity index (χ2n) is 2.87. The molecule has 0 aliphatic rings. The van der Waals surface area contributed by atoms with Gasteiger partial charge in [-0.25, -0.2) is 0 Å². The topological polar surface area (TPSA) is 0 Å². The van der Waals surface area contributed by atoms with Gasteiger partial charge in [-0.15, -0.1) is 0 Å². The van der Waals surface area contributed by atoms with Crippen LogP contribution in [-0.4, -0.2) is 29.6 Å². The van der Waals surface area contributed by atoms with Crippen LogP contribution in [0.3, 0.4) is 0 Å². The van der Waals surface area contributed by atoms with Crippen molar-refractivity contribution in [3.8, 4) is 0 Å². The summed E-state index contributed by atoms with van der Waals surface area (Å²) in [6.07, 6.45) is 1.11. The van der Waals surface area contributed by atoms with Crippen LogP contribution in [0.15, 0.2) is 30.3 Å². The molecule has 11 heavy (non-hydrogen) atoms. The predicted molar refractivity (Wildman–Crippen MR) is 51.9 cm³/mol. The van der Waals surface area contributed by atoms with E-state index in [1.807, 2.05) is 0 Å². The predicted octanol–water partition coefficient (Wildman–Crippen LogP) is 2.19. The van der Waals surface area contributed by atoms with Crippen LogP contribution in [0.1, 0.15) is 19.4 Å². The van der Waals surface area contributed by atoms with Crippen molar-refractivity contribution in [3.05, 3.63) is 41.8 Å². The third-order valence-corrected chi connectivity index (χ3v) is 1.40. The molecule has 0 aliphatic carbocycles. The van der Waals surface area contributed by atoms with Crippen molar-refractivity contribution >= 4 is 29.6 Å². The van der Waals surface area contributed by atoms with Crippen molar-refractivity contribution in [1.82, 2.24) is 0 Å². The van der Waals surface area contributed by atoms with Crippen LogP contribution < -0.4 is 0 Å². The zero-order valence-electron chi connectivity index (χ0n) is 6.59. The molecule has 1 aromatic rings. The number of rotatable bonds is 2. The van der Waals surface area contributed by atoms with E-state index in [1.54, 1.807) is 0 Å². The Morgan fingerprint density at radius 1 is 1.09 bits per heavy atom. The maximum atomic E-state index is 2.16. The van der Waals surface area contributed by atoms with Crippen molar-refractivity contribution in [2.75, 3.05) is 0 Å². The van der Waals surface area contributed by atoms with Gasteiger partial charge in [0.15, 0.2) is 0 Å². The molecule has 0 bridgehead atoms. The van der Waals surface area contributed by atoms with Crippen LogP contribution in [0.5, 0.6) is 0 Å². The zero-order valence-corrected chi connectivity index (χ0v) is 6.59. The molecule has 1 rings (SSSR count). The van der Waals surface area contributed by atoms with Gasteiger partial charge in [0.1, 0.15) is 0 Å². The van der Waals surface area contributed by atoms with E-state index < -0.39 is 0 Å². The molecule has 0 fully saturated rings. The van der Waals surface area contributed by atoms with Crippen molar-refractivity contribution in [3.63, 3.8) is 0 Å². The van der Waals surface area contributed by atoms with Gasteiger partial charge in [0.2, 0.25) is 0 Å². The SMILES string of the molecule is C[C](C)Cc1ccccc1.[NaH].